The van der Waals surface area contributed by atoms with E-state index in [9.17, 15) is 0 Å². The van der Waals surface area contributed by atoms with Crippen molar-refractivity contribution in [3.8, 4) is 44.5 Å². The third-order valence-corrected chi connectivity index (χ3v) is 19.1. The summed E-state index contributed by atoms with van der Waals surface area (Å²) in [6.07, 6.45) is 0. The minimum atomic E-state index is -1.81. The molecule has 0 atom stereocenters. The van der Waals surface area contributed by atoms with Crippen LogP contribution in [0.15, 0.2) is 109 Å². The number of hydrogen-bond donors (Lipinski definition) is 0. The third kappa shape index (κ3) is 11.2. The topological polar surface area (TPSA) is 0 Å². The summed E-state index contributed by atoms with van der Waals surface area (Å²) in [6, 6.07) is 41.9. The summed E-state index contributed by atoms with van der Waals surface area (Å²) < 4.78 is 3.17. The van der Waals surface area contributed by atoms with E-state index in [0.717, 1.165) is 0 Å². The predicted octanol–water partition coefficient (Wildman–Crippen LogP) is 17.8. The molecule has 0 fully saturated rings. The Hall–Kier alpha value is -3.08. The predicted molar refractivity (Wildman–Crippen MR) is 290 cm³/mol. The van der Waals surface area contributed by atoms with Crippen molar-refractivity contribution >= 4 is 49.4 Å². The van der Waals surface area contributed by atoms with Crippen LogP contribution in [0.1, 0.15) is 203 Å². The fourth-order valence-electron chi connectivity index (χ4n) is 9.92. The zero-order valence-corrected chi connectivity index (χ0v) is 48.7. The van der Waals surface area contributed by atoms with Gasteiger partial charge in [0.2, 0.25) is 0 Å². The number of rotatable bonds is 13. The van der Waals surface area contributed by atoms with Gasteiger partial charge in [0.05, 0.1) is 0 Å². The SMILES string of the molecule is CC(C)c1cccc(C(C)C)c1-c1cccc(-c2c(C(C)C)cccc2C(C)C)[c]1[Sn].CC(C)c1cccc(C(C)C)c1-c1cccc(-c2c(C(C)C)cccc2C(C)C)[c]1[Sn]([CH3])[CH3]. The fourth-order valence-corrected chi connectivity index (χ4v) is 15.4. The molecule has 0 nitrogen and oxygen atoms in total. The summed E-state index contributed by atoms with van der Waals surface area (Å²) in [5.74, 6) is 4.03. The van der Waals surface area contributed by atoms with Crippen LogP contribution < -0.4 is 7.16 Å². The van der Waals surface area contributed by atoms with Crippen LogP contribution in [-0.4, -0.2) is 42.3 Å². The molecule has 336 valence electrons. The first-order valence-corrected chi connectivity index (χ1v) is 33.1. The molecule has 64 heavy (non-hydrogen) atoms. The standard InChI is InChI=1S/2C30H37.2CH3.2Sn/c2*1-19(2)25-14-10-15-26(20(3)4)29(25)23-12-9-13-24(18-23)30-27(21(5)6)16-11-17-28(30)22(7)8;;;;/h2*9-17,19-22H,1-8H3;2*1H3;;. The maximum absolute atomic E-state index is 2.56. The summed E-state index contributed by atoms with van der Waals surface area (Å²) in [7, 11) is 0. The molecule has 0 saturated carbocycles. The van der Waals surface area contributed by atoms with Crippen molar-refractivity contribution in [2.24, 2.45) is 0 Å². The van der Waals surface area contributed by atoms with Gasteiger partial charge in [-0.1, -0.05) is 0 Å². The van der Waals surface area contributed by atoms with Gasteiger partial charge < -0.3 is 0 Å². The molecule has 0 unspecified atom stereocenters. The van der Waals surface area contributed by atoms with Gasteiger partial charge in [-0.15, -0.1) is 0 Å². The average molecular weight is 1060 g/mol. The molecular formula is C62H80Sn2. The molecule has 0 N–H and O–H groups in total. The van der Waals surface area contributed by atoms with Gasteiger partial charge in [-0.3, -0.25) is 0 Å². The second-order valence-electron chi connectivity index (χ2n) is 20.9. The molecule has 0 aliphatic rings. The van der Waals surface area contributed by atoms with Crippen molar-refractivity contribution in [3.05, 3.63) is 154 Å². The van der Waals surface area contributed by atoms with Crippen molar-refractivity contribution < 1.29 is 0 Å². The molecule has 0 aliphatic heterocycles. The van der Waals surface area contributed by atoms with E-state index in [1.165, 1.54) is 115 Å². The van der Waals surface area contributed by atoms with Gasteiger partial charge in [-0.05, 0) is 0 Å². The zero-order chi connectivity index (χ0) is 47.3. The Morgan fingerprint density at radius 1 is 0.281 bits per heavy atom. The van der Waals surface area contributed by atoms with Crippen molar-refractivity contribution in [2.75, 3.05) is 0 Å². The van der Waals surface area contributed by atoms with Crippen LogP contribution in [0.25, 0.3) is 44.5 Å². The molecule has 0 saturated heterocycles. The van der Waals surface area contributed by atoms with Crippen molar-refractivity contribution in [1.29, 1.82) is 0 Å². The van der Waals surface area contributed by atoms with E-state index < -0.39 is 19.8 Å². The second-order valence-corrected chi connectivity index (χ2v) is 29.5. The molecule has 6 aromatic carbocycles. The van der Waals surface area contributed by atoms with Crippen molar-refractivity contribution in [1.82, 2.24) is 0 Å². The maximum atomic E-state index is 2.56. The summed E-state index contributed by atoms with van der Waals surface area (Å²) >= 11 is -0.332. The Bertz CT molecular complexity index is 2240. The van der Waals surface area contributed by atoms with E-state index in [4.69, 9.17) is 0 Å². The molecule has 0 aliphatic carbocycles. The van der Waals surface area contributed by atoms with Crippen molar-refractivity contribution in [2.45, 2.75) is 168 Å². The van der Waals surface area contributed by atoms with E-state index in [1.807, 2.05) is 0 Å². The summed E-state index contributed by atoms with van der Waals surface area (Å²) in [5.41, 5.74) is 23.7. The summed E-state index contributed by atoms with van der Waals surface area (Å²) in [6.45, 7) is 37.3. The van der Waals surface area contributed by atoms with Gasteiger partial charge in [0.1, 0.15) is 0 Å². The molecule has 0 bridgehead atoms. The molecule has 0 amide bonds. The van der Waals surface area contributed by atoms with Crippen LogP contribution in [-0.2, 0) is 0 Å². The molecule has 0 spiro atoms. The first-order chi connectivity index (χ1) is 30.2. The van der Waals surface area contributed by atoms with E-state index in [1.54, 1.807) is 3.58 Å². The molecule has 0 heterocycles. The molecular weight excluding hydrogens is 982 g/mol. The average Bonchev–Trinajstić information content (AvgIpc) is 3.25. The Labute approximate surface area is 412 Å². The van der Waals surface area contributed by atoms with E-state index >= 15 is 0 Å². The number of benzene rings is 6. The Balaban J connectivity index is 0.000000241. The normalized spacial score (nSPS) is 12.0. The van der Waals surface area contributed by atoms with Gasteiger partial charge in [-0.2, -0.15) is 0 Å². The van der Waals surface area contributed by atoms with Crippen LogP contribution in [0.3, 0.4) is 0 Å². The van der Waals surface area contributed by atoms with Gasteiger partial charge in [0, 0.05) is 0 Å². The second kappa shape index (κ2) is 22.6. The van der Waals surface area contributed by atoms with Crippen LogP contribution in [0.2, 0.25) is 9.88 Å². The monoisotopic (exact) mass is 1060 g/mol. The Morgan fingerprint density at radius 2 is 0.453 bits per heavy atom. The molecule has 6 aromatic rings. The van der Waals surface area contributed by atoms with Gasteiger partial charge >= 0.3 is 416 Å². The Kier molecular flexibility index (Phi) is 18.3. The van der Waals surface area contributed by atoms with Crippen LogP contribution >= 0.6 is 0 Å². The first-order valence-electron chi connectivity index (χ1n) is 24.5. The van der Waals surface area contributed by atoms with Crippen molar-refractivity contribution in [3.63, 3.8) is 0 Å². The van der Waals surface area contributed by atoms with Gasteiger partial charge in [-0.25, -0.2) is 0 Å². The first kappa shape index (κ1) is 51.9. The van der Waals surface area contributed by atoms with Crippen LogP contribution in [0.4, 0.5) is 0 Å². The summed E-state index contributed by atoms with van der Waals surface area (Å²) in [4.78, 5) is 5.12. The zero-order valence-electron chi connectivity index (χ0n) is 43.0. The fraction of sp³-hybridized carbons (Fsp3) is 0.419. The summed E-state index contributed by atoms with van der Waals surface area (Å²) in [5, 5.41) is 0. The van der Waals surface area contributed by atoms with Gasteiger partial charge in [0.25, 0.3) is 0 Å². The molecule has 0 aromatic heterocycles. The minimum absolute atomic E-state index is 0.502. The van der Waals surface area contributed by atoms with Crippen LogP contribution in [0, 0.1) is 0 Å². The quantitative estimate of drug-likeness (QED) is 0.101. The third-order valence-electron chi connectivity index (χ3n) is 13.2. The molecule has 6 rings (SSSR count). The van der Waals surface area contributed by atoms with E-state index in [0.29, 0.717) is 47.3 Å². The number of hydrogen-bond acceptors (Lipinski definition) is 0. The molecule has 2 heteroatoms. The molecule has 4 radical (unpaired) electrons. The van der Waals surface area contributed by atoms with Gasteiger partial charge in [0.15, 0.2) is 0 Å². The van der Waals surface area contributed by atoms with E-state index in [-0.39, 0.29) is 0 Å². The Morgan fingerprint density at radius 3 is 0.641 bits per heavy atom. The van der Waals surface area contributed by atoms with Crippen LogP contribution in [0.5, 0.6) is 0 Å². The van der Waals surface area contributed by atoms with E-state index in [2.05, 4.69) is 230 Å².